The van der Waals surface area contributed by atoms with Gasteiger partial charge in [-0.1, -0.05) is 85.4 Å². The molecule has 0 heterocycles. The van der Waals surface area contributed by atoms with E-state index in [1.165, 1.54) is 79.9 Å². The predicted octanol–water partition coefficient (Wildman–Crippen LogP) is 12.0. The third kappa shape index (κ3) is 13.8. The molecule has 0 radical (unpaired) electrons. The number of rotatable bonds is 0. The summed E-state index contributed by atoms with van der Waals surface area (Å²) in [6.45, 7) is 22.4. The average molecular weight is 731 g/mol. The standard InChI is InChI=1S/C23H29.2C7H7.C5H5.CH2.2ClH.Zr/c1-14-9-16-11-17-10-15(2)21(23(6,7)8)13-19(17)18(16)12-20(14)22(3,4)5;2*1-7-5-3-2-4-6-7;1-2-4-5-3-1;;;;/h9,12-13H,11H2,1-8H3;2*2-3,5-6H,1H3;1-3H,4H2;1H2;2*1H;/q4*-1;;;;. The maximum atomic E-state index is 3.69. The van der Waals surface area contributed by atoms with Crippen LogP contribution in [0.2, 0.25) is 0 Å². The van der Waals surface area contributed by atoms with Crippen molar-refractivity contribution in [3.8, 4) is 11.1 Å². The van der Waals surface area contributed by atoms with Gasteiger partial charge in [0.15, 0.2) is 0 Å². The monoisotopic (exact) mass is 728 g/mol. The zero-order valence-corrected chi connectivity index (χ0v) is 33.6. The van der Waals surface area contributed by atoms with E-state index >= 15 is 0 Å². The fourth-order valence-corrected chi connectivity index (χ4v) is 5.33. The first-order chi connectivity index (χ1) is 20.8. The third-order valence-corrected chi connectivity index (χ3v) is 7.39. The van der Waals surface area contributed by atoms with Crippen molar-refractivity contribution < 1.29 is 24.2 Å². The molecule has 4 aromatic carbocycles. The zero-order chi connectivity index (χ0) is 32.9. The Morgan fingerprint density at radius 2 is 1.24 bits per heavy atom. The summed E-state index contributed by atoms with van der Waals surface area (Å²) in [4.78, 5) is 0. The summed E-state index contributed by atoms with van der Waals surface area (Å²) >= 11 is 1.30. The van der Waals surface area contributed by atoms with Crippen LogP contribution in [0.1, 0.15) is 92.5 Å². The Hall–Kier alpha value is -2.31. The fraction of sp³-hybridized carbons (Fsp3) is 0.326. The van der Waals surface area contributed by atoms with E-state index in [0.717, 1.165) is 12.8 Å². The van der Waals surface area contributed by atoms with Crippen LogP contribution in [0.4, 0.5) is 0 Å². The number of hydrogen-bond acceptors (Lipinski definition) is 0. The molecular weight excluding hydrogens is 679 g/mol. The van der Waals surface area contributed by atoms with E-state index in [4.69, 9.17) is 0 Å². The van der Waals surface area contributed by atoms with Crippen molar-refractivity contribution >= 4 is 29.0 Å². The molecule has 0 nitrogen and oxygen atoms in total. The molecule has 0 atom stereocenters. The van der Waals surface area contributed by atoms with Gasteiger partial charge in [0.05, 0.1) is 0 Å². The third-order valence-electron chi connectivity index (χ3n) is 7.39. The van der Waals surface area contributed by atoms with Gasteiger partial charge in [0, 0.05) is 0 Å². The van der Waals surface area contributed by atoms with Crippen LogP contribution in [-0.4, -0.2) is 4.21 Å². The second kappa shape index (κ2) is 20.8. The van der Waals surface area contributed by atoms with Gasteiger partial charge in [-0.15, -0.1) is 47.9 Å². The normalized spacial score (nSPS) is 11.6. The summed E-state index contributed by atoms with van der Waals surface area (Å²) in [5.74, 6) is 0. The Balaban J connectivity index is 0.000000716. The zero-order valence-electron chi connectivity index (χ0n) is 29.5. The van der Waals surface area contributed by atoms with Crippen LogP contribution in [0.25, 0.3) is 11.1 Å². The van der Waals surface area contributed by atoms with Gasteiger partial charge in [-0.05, 0) is 35.4 Å². The summed E-state index contributed by atoms with van der Waals surface area (Å²) in [7, 11) is 0. The van der Waals surface area contributed by atoms with Crippen molar-refractivity contribution in [3.63, 3.8) is 0 Å². The molecule has 0 unspecified atom stereocenters. The minimum atomic E-state index is 0. The van der Waals surface area contributed by atoms with Crippen molar-refractivity contribution in [1.29, 1.82) is 0 Å². The van der Waals surface area contributed by atoms with E-state index < -0.39 is 0 Å². The molecule has 2 aliphatic rings. The van der Waals surface area contributed by atoms with Gasteiger partial charge in [-0.25, -0.2) is 12.2 Å². The van der Waals surface area contributed by atoms with Crippen LogP contribution in [0.3, 0.4) is 0 Å². The molecule has 2 aliphatic carbocycles. The summed E-state index contributed by atoms with van der Waals surface area (Å²) in [5, 5.41) is 0. The molecule has 6 rings (SSSR count). The Morgan fingerprint density at radius 3 is 1.59 bits per heavy atom. The second-order valence-electron chi connectivity index (χ2n) is 13.4. The molecule has 0 spiro atoms. The van der Waals surface area contributed by atoms with Crippen LogP contribution in [0.15, 0.2) is 85.0 Å². The molecule has 0 fully saturated rings. The molecule has 0 aliphatic heterocycles. The van der Waals surface area contributed by atoms with Crippen LogP contribution in [0, 0.1) is 52.0 Å². The fourth-order valence-electron chi connectivity index (χ4n) is 5.33. The molecule has 0 aromatic heterocycles. The van der Waals surface area contributed by atoms with E-state index in [9.17, 15) is 0 Å². The van der Waals surface area contributed by atoms with Gasteiger partial charge >= 0.3 is 28.4 Å². The van der Waals surface area contributed by atoms with Gasteiger partial charge in [0.1, 0.15) is 0 Å². The van der Waals surface area contributed by atoms with Crippen molar-refractivity contribution in [2.45, 2.75) is 92.9 Å². The molecule has 0 bridgehead atoms. The molecule has 4 aromatic rings. The van der Waals surface area contributed by atoms with Crippen molar-refractivity contribution in [3.05, 3.63) is 154 Å². The van der Waals surface area contributed by atoms with E-state index in [1.54, 1.807) is 0 Å². The first-order valence-electron chi connectivity index (χ1n) is 15.4. The van der Waals surface area contributed by atoms with E-state index in [2.05, 4.69) is 134 Å². The molecule has 46 heavy (non-hydrogen) atoms. The summed E-state index contributed by atoms with van der Waals surface area (Å²) in [6, 6.07) is 32.6. The van der Waals surface area contributed by atoms with Crippen molar-refractivity contribution in [2.24, 2.45) is 0 Å². The van der Waals surface area contributed by atoms with E-state index in [1.807, 2.05) is 48.6 Å². The van der Waals surface area contributed by atoms with Crippen molar-refractivity contribution in [2.75, 3.05) is 0 Å². The molecule has 0 N–H and O–H groups in total. The number of allylic oxidation sites excluding steroid dienone is 4. The average Bonchev–Trinajstić information content (AvgIpc) is 3.65. The number of aryl methyl sites for hydroxylation is 4. The predicted molar refractivity (Wildman–Crippen MR) is 204 cm³/mol. The Bertz CT molecular complexity index is 1400. The number of hydrogen-bond donors (Lipinski definition) is 0. The Morgan fingerprint density at radius 1 is 0.717 bits per heavy atom. The first kappa shape index (κ1) is 43.7. The molecule has 0 amide bonds. The number of fused-ring (bicyclic) bond motifs is 3. The summed E-state index contributed by atoms with van der Waals surface area (Å²) < 4.78 is 3.34. The summed E-state index contributed by atoms with van der Waals surface area (Å²) in [6.07, 6.45) is 11.0. The first-order valence-corrected chi connectivity index (χ1v) is 17.1. The molecule has 246 valence electrons. The number of halogens is 2. The van der Waals surface area contributed by atoms with Gasteiger partial charge in [-0.2, -0.15) is 95.6 Å². The minimum absolute atomic E-state index is 0. The molecular formula is C43H52Cl2Zr-4. The van der Waals surface area contributed by atoms with Gasteiger partial charge in [0.2, 0.25) is 0 Å². The second-order valence-corrected chi connectivity index (χ2v) is 13.4. The van der Waals surface area contributed by atoms with Gasteiger partial charge < -0.3 is 0 Å². The quantitative estimate of drug-likeness (QED) is 0.139. The topological polar surface area (TPSA) is 0 Å². The van der Waals surface area contributed by atoms with Crippen LogP contribution in [0.5, 0.6) is 0 Å². The SMILES string of the molecule is Cc1[c-]c2c(cc1C(C)(C)C)-c1cc(C(C)(C)C)c(C)cc1C2.Cc1c[c-]ccc1.Cc1c[c-]ccc1.Cl.Cl.[C-]1=CC=CC1.[CH2]=[Zr]. The Labute approximate surface area is 309 Å². The van der Waals surface area contributed by atoms with Crippen LogP contribution < -0.4 is 0 Å². The maximum absolute atomic E-state index is 3.69. The molecule has 0 saturated carbocycles. The van der Waals surface area contributed by atoms with Gasteiger partial charge in [0.25, 0.3) is 0 Å². The molecule has 0 saturated heterocycles. The van der Waals surface area contributed by atoms with Crippen LogP contribution >= 0.6 is 24.8 Å². The van der Waals surface area contributed by atoms with Crippen LogP contribution in [-0.2, 0) is 41.5 Å². The Kier molecular flexibility index (Phi) is 19.8. The number of benzene rings is 4. The van der Waals surface area contributed by atoms with E-state index in [0.29, 0.717) is 0 Å². The van der Waals surface area contributed by atoms with E-state index in [-0.39, 0.29) is 35.6 Å². The molecule has 3 heteroatoms. The van der Waals surface area contributed by atoms with Crippen molar-refractivity contribution in [1.82, 2.24) is 0 Å². The summed E-state index contributed by atoms with van der Waals surface area (Å²) in [5.41, 5.74) is 14.1. The van der Waals surface area contributed by atoms with Gasteiger partial charge in [-0.3, -0.25) is 6.08 Å².